The van der Waals surface area contributed by atoms with Gasteiger partial charge in [0.25, 0.3) is 0 Å². The molecule has 3 unspecified atom stereocenters. The minimum Gasteiger partial charge on any atom is -0.378 e. The van der Waals surface area contributed by atoms with Crippen LogP contribution in [-0.4, -0.2) is 29.3 Å². The van der Waals surface area contributed by atoms with Crippen molar-refractivity contribution in [3.8, 4) is 0 Å². The van der Waals surface area contributed by atoms with Gasteiger partial charge < -0.3 is 5.11 Å². The standard InChI is InChI=1S/C14H29NO/c1-5-14(16)15(4)13-9-7-6-8-12(13)10-11(2)3/h11-14,16H,5-10H2,1-4H3. The summed E-state index contributed by atoms with van der Waals surface area (Å²) in [7, 11) is 2.09. The molecular formula is C14H29NO. The second-order valence-corrected chi connectivity index (χ2v) is 5.80. The predicted molar refractivity (Wildman–Crippen MR) is 69.3 cm³/mol. The van der Waals surface area contributed by atoms with Gasteiger partial charge in [0.2, 0.25) is 0 Å². The van der Waals surface area contributed by atoms with E-state index in [1.807, 2.05) is 0 Å². The van der Waals surface area contributed by atoms with Crippen LogP contribution in [0, 0.1) is 11.8 Å². The highest BCUT2D eigenvalue weighted by atomic mass is 16.3. The van der Waals surface area contributed by atoms with E-state index in [1.165, 1.54) is 32.1 Å². The van der Waals surface area contributed by atoms with Gasteiger partial charge >= 0.3 is 0 Å². The van der Waals surface area contributed by atoms with Gasteiger partial charge in [-0.1, -0.05) is 33.6 Å². The summed E-state index contributed by atoms with van der Waals surface area (Å²) in [6.07, 6.45) is 7.23. The molecule has 1 aliphatic carbocycles. The molecule has 0 aromatic heterocycles. The second-order valence-electron chi connectivity index (χ2n) is 5.80. The Balaban J connectivity index is 2.58. The zero-order valence-corrected chi connectivity index (χ0v) is 11.4. The van der Waals surface area contributed by atoms with Crippen LogP contribution >= 0.6 is 0 Å². The number of aliphatic hydroxyl groups excluding tert-OH is 1. The number of nitrogens with zero attached hydrogens (tertiary/aromatic N) is 1. The predicted octanol–water partition coefficient (Wildman–Crippen LogP) is 3.25. The van der Waals surface area contributed by atoms with E-state index in [9.17, 15) is 5.11 Å². The molecule has 3 atom stereocenters. The molecule has 2 nitrogen and oxygen atoms in total. The van der Waals surface area contributed by atoms with Gasteiger partial charge in [0, 0.05) is 6.04 Å². The van der Waals surface area contributed by atoms with Gasteiger partial charge in [-0.05, 0) is 44.6 Å². The molecule has 0 amide bonds. The summed E-state index contributed by atoms with van der Waals surface area (Å²) < 4.78 is 0. The lowest BCUT2D eigenvalue weighted by Gasteiger charge is -2.40. The van der Waals surface area contributed by atoms with Gasteiger partial charge in [0.15, 0.2) is 0 Å². The third-order valence-electron chi connectivity index (χ3n) is 4.00. The fourth-order valence-electron chi connectivity index (χ4n) is 3.11. The molecule has 0 bridgehead atoms. The summed E-state index contributed by atoms with van der Waals surface area (Å²) >= 11 is 0. The topological polar surface area (TPSA) is 23.5 Å². The zero-order valence-electron chi connectivity index (χ0n) is 11.4. The Labute approximate surface area is 101 Å². The van der Waals surface area contributed by atoms with Crippen LogP contribution in [0.4, 0.5) is 0 Å². The molecule has 16 heavy (non-hydrogen) atoms. The van der Waals surface area contributed by atoms with E-state index >= 15 is 0 Å². The van der Waals surface area contributed by atoms with E-state index in [2.05, 4.69) is 32.7 Å². The highest BCUT2D eigenvalue weighted by molar-refractivity contribution is 4.83. The summed E-state index contributed by atoms with van der Waals surface area (Å²) in [5.41, 5.74) is 0. The molecule has 0 aromatic carbocycles. The van der Waals surface area contributed by atoms with Crippen LogP contribution in [0.15, 0.2) is 0 Å². The van der Waals surface area contributed by atoms with E-state index in [-0.39, 0.29) is 6.23 Å². The molecule has 0 radical (unpaired) electrons. The Kier molecular flexibility index (Phi) is 5.77. The first-order valence-electron chi connectivity index (χ1n) is 6.96. The molecule has 1 aliphatic rings. The van der Waals surface area contributed by atoms with Crippen LogP contribution in [0.3, 0.4) is 0 Å². The molecule has 2 heteroatoms. The van der Waals surface area contributed by atoms with Gasteiger partial charge in [-0.2, -0.15) is 0 Å². The van der Waals surface area contributed by atoms with Gasteiger partial charge in [0.05, 0.1) is 0 Å². The quantitative estimate of drug-likeness (QED) is 0.729. The minimum absolute atomic E-state index is 0.252. The van der Waals surface area contributed by atoms with Crippen LogP contribution in [0.5, 0.6) is 0 Å². The third-order valence-corrected chi connectivity index (χ3v) is 4.00. The van der Waals surface area contributed by atoms with Crippen LogP contribution < -0.4 is 0 Å². The summed E-state index contributed by atoms with van der Waals surface area (Å²) in [6.45, 7) is 6.67. The first kappa shape index (κ1) is 14.0. The van der Waals surface area contributed by atoms with Crippen LogP contribution in [0.25, 0.3) is 0 Å². The molecule has 0 heterocycles. The third kappa shape index (κ3) is 3.74. The molecule has 96 valence electrons. The first-order chi connectivity index (χ1) is 7.56. The Morgan fingerprint density at radius 3 is 2.44 bits per heavy atom. The van der Waals surface area contributed by atoms with Gasteiger partial charge in [-0.3, -0.25) is 4.90 Å². The Morgan fingerprint density at radius 2 is 1.88 bits per heavy atom. The van der Waals surface area contributed by atoms with E-state index in [1.54, 1.807) is 0 Å². The largest absolute Gasteiger partial charge is 0.378 e. The van der Waals surface area contributed by atoms with Crippen molar-refractivity contribution in [1.29, 1.82) is 0 Å². The Bertz CT molecular complexity index is 193. The van der Waals surface area contributed by atoms with Crippen molar-refractivity contribution in [3.05, 3.63) is 0 Å². The summed E-state index contributed by atoms with van der Waals surface area (Å²) in [5, 5.41) is 9.96. The molecule has 0 spiro atoms. The zero-order chi connectivity index (χ0) is 12.1. The van der Waals surface area contributed by atoms with Crippen molar-refractivity contribution in [2.24, 2.45) is 11.8 Å². The maximum atomic E-state index is 9.96. The SMILES string of the molecule is CCC(O)N(C)C1CCCCC1CC(C)C. The molecular weight excluding hydrogens is 198 g/mol. The molecule has 0 aromatic rings. The van der Waals surface area contributed by atoms with Crippen molar-refractivity contribution in [3.63, 3.8) is 0 Å². The molecule has 1 rings (SSSR count). The normalized spacial score (nSPS) is 28.7. The van der Waals surface area contributed by atoms with E-state index in [0.29, 0.717) is 6.04 Å². The molecule has 1 N–H and O–H groups in total. The van der Waals surface area contributed by atoms with Crippen LogP contribution in [-0.2, 0) is 0 Å². The lowest BCUT2D eigenvalue weighted by atomic mass is 9.79. The number of hydrogen-bond donors (Lipinski definition) is 1. The lowest BCUT2D eigenvalue weighted by molar-refractivity contribution is -0.0378. The molecule has 1 fully saturated rings. The monoisotopic (exact) mass is 227 g/mol. The summed E-state index contributed by atoms with van der Waals surface area (Å²) in [4.78, 5) is 2.21. The maximum absolute atomic E-state index is 9.96. The molecule has 0 saturated heterocycles. The van der Waals surface area contributed by atoms with Crippen molar-refractivity contribution < 1.29 is 5.11 Å². The van der Waals surface area contributed by atoms with Gasteiger partial charge in [-0.25, -0.2) is 0 Å². The second kappa shape index (κ2) is 6.61. The van der Waals surface area contributed by atoms with Crippen molar-refractivity contribution in [1.82, 2.24) is 4.90 Å². The Morgan fingerprint density at radius 1 is 1.25 bits per heavy atom. The average molecular weight is 227 g/mol. The molecule has 0 aliphatic heterocycles. The first-order valence-corrected chi connectivity index (χ1v) is 6.96. The van der Waals surface area contributed by atoms with E-state index in [4.69, 9.17) is 0 Å². The smallest absolute Gasteiger partial charge is 0.107 e. The number of rotatable bonds is 5. The van der Waals surface area contributed by atoms with E-state index in [0.717, 1.165) is 18.3 Å². The summed E-state index contributed by atoms with van der Waals surface area (Å²) in [5.74, 6) is 1.57. The Hall–Kier alpha value is -0.0800. The highest BCUT2D eigenvalue weighted by Gasteiger charge is 2.30. The van der Waals surface area contributed by atoms with Gasteiger partial charge in [0.1, 0.15) is 6.23 Å². The van der Waals surface area contributed by atoms with Crippen LogP contribution in [0.1, 0.15) is 59.3 Å². The number of hydrogen-bond acceptors (Lipinski definition) is 2. The highest BCUT2D eigenvalue weighted by Crippen LogP contribution is 2.33. The van der Waals surface area contributed by atoms with Gasteiger partial charge in [-0.15, -0.1) is 0 Å². The van der Waals surface area contributed by atoms with Crippen molar-refractivity contribution >= 4 is 0 Å². The van der Waals surface area contributed by atoms with Crippen molar-refractivity contribution in [2.45, 2.75) is 71.6 Å². The fourth-order valence-corrected chi connectivity index (χ4v) is 3.11. The molecule has 1 saturated carbocycles. The number of aliphatic hydroxyl groups is 1. The van der Waals surface area contributed by atoms with Crippen LogP contribution in [0.2, 0.25) is 0 Å². The van der Waals surface area contributed by atoms with E-state index < -0.39 is 0 Å². The summed E-state index contributed by atoms with van der Waals surface area (Å²) in [6, 6.07) is 0.603. The fraction of sp³-hybridized carbons (Fsp3) is 1.00. The van der Waals surface area contributed by atoms with Crippen molar-refractivity contribution in [2.75, 3.05) is 7.05 Å². The maximum Gasteiger partial charge on any atom is 0.107 e. The minimum atomic E-state index is -0.252. The average Bonchev–Trinajstić information content (AvgIpc) is 2.27. The lowest BCUT2D eigenvalue weighted by Crippen LogP contribution is -2.45.